The first kappa shape index (κ1) is 27.3. The third-order valence-electron chi connectivity index (χ3n) is 6.24. The number of nitrogens with one attached hydrogen (secondary N) is 1. The largest absolute Gasteiger partial charge is 0.484 e. The molecule has 6 heteroatoms. The lowest BCUT2D eigenvalue weighted by Gasteiger charge is -2.32. The molecule has 0 fully saturated rings. The van der Waals surface area contributed by atoms with Gasteiger partial charge in [-0.15, -0.1) is 0 Å². The Morgan fingerprint density at radius 3 is 2.31 bits per heavy atom. The van der Waals surface area contributed by atoms with E-state index in [2.05, 4.69) is 5.32 Å². The fourth-order valence-electron chi connectivity index (χ4n) is 3.82. The molecule has 0 radical (unpaired) electrons. The van der Waals surface area contributed by atoms with Crippen molar-refractivity contribution in [3.05, 3.63) is 100 Å². The predicted molar refractivity (Wildman–Crippen MR) is 145 cm³/mol. The van der Waals surface area contributed by atoms with Gasteiger partial charge < -0.3 is 15.0 Å². The zero-order valence-corrected chi connectivity index (χ0v) is 22.2. The molecule has 0 aromatic heterocycles. The fraction of sp³-hybridized carbons (Fsp3) is 0.333. The van der Waals surface area contributed by atoms with Crippen LogP contribution in [0.5, 0.6) is 5.75 Å². The van der Waals surface area contributed by atoms with Gasteiger partial charge in [0, 0.05) is 24.0 Å². The molecule has 5 nitrogen and oxygen atoms in total. The van der Waals surface area contributed by atoms with E-state index in [-0.39, 0.29) is 24.5 Å². The molecular formula is C30H35ClN2O3. The highest BCUT2D eigenvalue weighted by Gasteiger charge is 2.31. The molecule has 2 atom stereocenters. The first-order valence-corrected chi connectivity index (χ1v) is 12.7. The first-order valence-electron chi connectivity index (χ1n) is 12.3. The number of benzene rings is 3. The first-order chi connectivity index (χ1) is 17.3. The van der Waals surface area contributed by atoms with Crippen LogP contribution in [0.25, 0.3) is 0 Å². The minimum Gasteiger partial charge on any atom is -0.484 e. The van der Waals surface area contributed by atoms with Gasteiger partial charge in [0.05, 0.1) is 0 Å². The summed E-state index contributed by atoms with van der Waals surface area (Å²) in [6.45, 7) is 8.01. The maximum Gasteiger partial charge on any atom is 0.261 e. The molecule has 0 heterocycles. The van der Waals surface area contributed by atoms with E-state index in [1.807, 2.05) is 82.3 Å². The Bertz CT molecular complexity index is 1150. The van der Waals surface area contributed by atoms with Crippen LogP contribution in [0.2, 0.25) is 5.02 Å². The Morgan fingerprint density at radius 1 is 0.972 bits per heavy atom. The highest BCUT2D eigenvalue weighted by molar-refractivity contribution is 6.31. The average Bonchev–Trinajstić information content (AvgIpc) is 2.88. The number of aryl methyl sites for hydroxylation is 2. The number of nitrogens with zero attached hydrogens (tertiary/aromatic N) is 1. The van der Waals surface area contributed by atoms with E-state index in [1.165, 1.54) is 0 Å². The molecule has 0 aliphatic heterocycles. The van der Waals surface area contributed by atoms with Crippen LogP contribution in [0.1, 0.15) is 42.5 Å². The van der Waals surface area contributed by atoms with Crippen molar-refractivity contribution >= 4 is 23.4 Å². The second-order valence-electron chi connectivity index (χ2n) is 9.23. The minimum absolute atomic E-state index is 0.000364. The summed E-state index contributed by atoms with van der Waals surface area (Å²) >= 11 is 6.13. The van der Waals surface area contributed by atoms with Crippen LogP contribution in [-0.4, -0.2) is 35.4 Å². The molecule has 0 saturated carbocycles. The number of halogens is 1. The summed E-state index contributed by atoms with van der Waals surface area (Å²) in [5, 5.41) is 3.72. The molecule has 3 aromatic rings. The maximum atomic E-state index is 13.6. The third kappa shape index (κ3) is 7.85. The maximum absolute atomic E-state index is 13.6. The molecule has 0 aliphatic rings. The summed E-state index contributed by atoms with van der Waals surface area (Å²) in [5.74, 6) is 0.128. The average molecular weight is 507 g/mol. The molecule has 0 unspecified atom stereocenters. The normalized spacial score (nSPS) is 12.5. The van der Waals surface area contributed by atoms with E-state index in [1.54, 1.807) is 23.1 Å². The van der Waals surface area contributed by atoms with Crippen LogP contribution in [0.4, 0.5) is 0 Å². The fourth-order valence-corrected chi connectivity index (χ4v) is 3.94. The number of amides is 2. The standard InChI is InChI=1S/C30H35ClN2O3/c1-5-23(4)32-30(35)28(18-24-9-7-6-8-10-24)33(19-25-13-11-21(2)12-14-25)29(34)20-36-26-15-16-27(31)22(3)17-26/h6-17,23,28H,5,18-20H2,1-4H3,(H,32,35)/t23-,28-/m1/s1. The lowest BCUT2D eigenvalue weighted by atomic mass is 10.0. The van der Waals surface area contributed by atoms with E-state index >= 15 is 0 Å². The Morgan fingerprint density at radius 2 is 1.67 bits per heavy atom. The highest BCUT2D eigenvalue weighted by Crippen LogP contribution is 2.22. The van der Waals surface area contributed by atoms with Gasteiger partial charge in [-0.1, -0.05) is 78.7 Å². The molecule has 0 aliphatic carbocycles. The summed E-state index contributed by atoms with van der Waals surface area (Å²) in [7, 11) is 0. The van der Waals surface area contributed by atoms with E-state index in [0.29, 0.717) is 23.7 Å². The van der Waals surface area contributed by atoms with Gasteiger partial charge in [0.25, 0.3) is 5.91 Å². The number of rotatable bonds is 11. The number of hydrogen-bond donors (Lipinski definition) is 1. The molecule has 190 valence electrons. The molecule has 3 aromatic carbocycles. The highest BCUT2D eigenvalue weighted by atomic mass is 35.5. The van der Waals surface area contributed by atoms with Gasteiger partial charge in [-0.25, -0.2) is 0 Å². The second kappa shape index (κ2) is 13.1. The van der Waals surface area contributed by atoms with E-state index in [4.69, 9.17) is 16.3 Å². The zero-order valence-electron chi connectivity index (χ0n) is 21.5. The smallest absolute Gasteiger partial charge is 0.261 e. The van der Waals surface area contributed by atoms with Crippen LogP contribution < -0.4 is 10.1 Å². The van der Waals surface area contributed by atoms with E-state index < -0.39 is 6.04 Å². The van der Waals surface area contributed by atoms with E-state index in [0.717, 1.165) is 28.7 Å². The van der Waals surface area contributed by atoms with Gasteiger partial charge in [-0.3, -0.25) is 9.59 Å². The summed E-state index contributed by atoms with van der Waals surface area (Å²) in [4.78, 5) is 28.8. The lowest BCUT2D eigenvalue weighted by molar-refractivity contribution is -0.143. The zero-order chi connectivity index (χ0) is 26.1. The van der Waals surface area contributed by atoms with Crippen molar-refractivity contribution in [2.75, 3.05) is 6.61 Å². The SMILES string of the molecule is CC[C@@H](C)NC(=O)[C@@H](Cc1ccccc1)N(Cc1ccc(C)cc1)C(=O)COc1ccc(Cl)c(C)c1. The van der Waals surface area contributed by atoms with E-state index in [9.17, 15) is 9.59 Å². The van der Waals surface area contributed by atoms with Crippen molar-refractivity contribution < 1.29 is 14.3 Å². The van der Waals surface area contributed by atoms with Crippen molar-refractivity contribution in [1.29, 1.82) is 0 Å². The Labute approximate surface area is 219 Å². The van der Waals surface area contributed by atoms with Crippen molar-refractivity contribution in [2.45, 2.75) is 59.2 Å². The third-order valence-corrected chi connectivity index (χ3v) is 6.66. The quantitative estimate of drug-likeness (QED) is 0.352. The van der Waals surface area contributed by atoms with Gasteiger partial charge in [0.15, 0.2) is 6.61 Å². The molecular weight excluding hydrogens is 472 g/mol. The topological polar surface area (TPSA) is 58.6 Å². The van der Waals surface area contributed by atoms with Gasteiger partial charge in [-0.05, 0) is 62.1 Å². The second-order valence-corrected chi connectivity index (χ2v) is 9.64. The summed E-state index contributed by atoms with van der Waals surface area (Å²) in [5.41, 5.74) is 3.94. The Balaban J connectivity index is 1.90. The Kier molecular flexibility index (Phi) is 9.95. The van der Waals surface area contributed by atoms with Crippen LogP contribution >= 0.6 is 11.6 Å². The van der Waals surface area contributed by atoms with Crippen LogP contribution in [0.15, 0.2) is 72.8 Å². The number of carbonyl (C=O) groups excluding carboxylic acids is 2. The van der Waals surface area contributed by atoms with Crippen LogP contribution in [-0.2, 0) is 22.6 Å². The number of hydrogen-bond acceptors (Lipinski definition) is 3. The monoisotopic (exact) mass is 506 g/mol. The van der Waals surface area contributed by atoms with Crippen LogP contribution in [0, 0.1) is 13.8 Å². The van der Waals surface area contributed by atoms with Crippen molar-refractivity contribution in [2.24, 2.45) is 0 Å². The van der Waals surface area contributed by atoms with Gasteiger partial charge in [-0.2, -0.15) is 0 Å². The minimum atomic E-state index is -0.689. The van der Waals surface area contributed by atoms with Crippen molar-refractivity contribution in [3.8, 4) is 5.75 Å². The summed E-state index contributed by atoms with van der Waals surface area (Å²) in [6.07, 6.45) is 1.20. The molecule has 3 rings (SSSR count). The molecule has 2 amide bonds. The summed E-state index contributed by atoms with van der Waals surface area (Å²) in [6, 6.07) is 22.4. The van der Waals surface area contributed by atoms with Gasteiger partial charge in [0.1, 0.15) is 11.8 Å². The Hall–Kier alpha value is -3.31. The van der Waals surface area contributed by atoms with Gasteiger partial charge >= 0.3 is 0 Å². The molecule has 0 spiro atoms. The lowest BCUT2D eigenvalue weighted by Crippen LogP contribution is -2.53. The number of ether oxygens (including phenoxy) is 1. The molecule has 0 saturated heterocycles. The molecule has 36 heavy (non-hydrogen) atoms. The van der Waals surface area contributed by atoms with Crippen LogP contribution in [0.3, 0.4) is 0 Å². The summed E-state index contributed by atoms with van der Waals surface area (Å²) < 4.78 is 5.84. The number of carbonyl (C=O) groups is 2. The van der Waals surface area contributed by atoms with Crippen molar-refractivity contribution in [1.82, 2.24) is 10.2 Å². The van der Waals surface area contributed by atoms with Crippen molar-refractivity contribution in [3.63, 3.8) is 0 Å². The van der Waals surface area contributed by atoms with Gasteiger partial charge in [0.2, 0.25) is 5.91 Å². The predicted octanol–water partition coefficient (Wildman–Crippen LogP) is 5.89. The molecule has 0 bridgehead atoms. The molecule has 1 N–H and O–H groups in total.